The molecule has 2 N–H and O–H groups in total. The zero-order chi connectivity index (χ0) is 15.2. The van der Waals surface area contributed by atoms with Crippen molar-refractivity contribution in [1.82, 2.24) is 10.6 Å². The van der Waals surface area contributed by atoms with E-state index in [0.29, 0.717) is 12.6 Å². The highest BCUT2D eigenvalue weighted by atomic mass is 35.5. The van der Waals surface area contributed by atoms with E-state index in [4.69, 9.17) is 11.6 Å². The number of rotatable bonds is 5. The molecule has 2 rings (SSSR count). The maximum atomic E-state index is 12.0. The van der Waals surface area contributed by atoms with Crippen molar-refractivity contribution in [3.05, 3.63) is 34.9 Å². The molecule has 1 aliphatic rings. The lowest BCUT2D eigenvalue weighted by Gasteiger charge is -2.27. The van der Waals surface area contributed by atoms with Crippen molar-refractivity contribution in [2.75, 3.05) is 6.54 Å². The van der Waals surface area contributed by atoms with Gasteiger partial charge in [-0.15, -0.1) is 0 Å². The fraction of sp³-hybridized carbons (Fsp3) is 0.588. The highest BCUT2D eigenvalue weighted by Gasteiger charge is 2.19. The van der Waals surface area contributed by atoms with E-state index in [1.165, 1.54) is 12.8 Å². The Morgan fingerprint density at radius 1 is 1.29 bits per heavy atom. The van der Waals surface area contributed by atoms with E-state index in [-0.39, 0.29) is 11.9 Å². The van der Waals surface area contributed by atoms with Gasteiger partial charge < -0.3 is 10.6 Å². The maximum absolute atomic E-state index is 12.0. The zero-order valence-electron chi connectivity index (χ0n) is 12.9. The van der Waals surface area contributed by atoms with E-state index in [2.05, 4.69) is 17.6 Å². The van der Waals surface area contributed by atoms with Gasteiger partial charge in [-0.25, -0.2) is 0 Å². The highest BCUT2D eigenvalue weighted by molar-refractivity contribution is 6.31. The monoisotopic (exact) mass is 308 g/mol. The summed E-state index contributed by atoms with van der Waals surface area (Å²) in [5, 5.41) is 7.10. The molecular weight excluding hydrogens is 284 g/mol. The van der Waals surface area contributed by atoms with Crippen LogP contribution in [0.1, 0.15) is 51.1 Å². The molecule has 1 aliphatic carbocycles. The van der Waals surface area contributed by atoms with E-state index in [0.717, 1.165) is 29.3 Å². The largest absolute Gasteiger partial charge is 0.352 e. The van der Waals surface area contributed by atoms with Gasteiger partial charge in [0.1, 0.15) is 0 Å². The van der Waals surface area contributed by atoms with E-state index in [9.17, 15) is 4.79 Å². The normalized spacial score (nSPS) is 23.6. The SMILES string of the molecule is CC1CCC(NC(=O)CN[C@H](C)c2ccccc2Cl)CC1. The predicted molar refractivity (Wildman–Crippen MR) is 87.4 cm³/mol. The van der Waals surface area contributed by atoms with E-state index >= 15 is 0 Å². The summed E-state index contributed by atoms with van der Waals surface area (Å²) in [6.07, 6.45) is 4.64. The van der Waals surface area contributed by atoms with Crippen molar-refractivity contribution in [3.8, 4) is 0 Å². The molecule has 4 heteroatoms. The van der Waals surface area contributed by atoms with Crippen molar-refractivity contribution in [2.45, 2.75) is 51.6 Å². The molecule has 0 radical (unpaired) electrons. The summed E-state index contributed by atoms with van der Waals surface area (Å²) in [6.45, 7) is 4.64. The average molecular weight is 309 g/mol. The van der Waals surface area contributed by atoms with E-state index in [1.54, 1.807) is 0 Å². The van der Waals surface area contributed by atoms with Gasteiger partial charge in [0.15, 0.2) is 0 Å². The second kappa shape index (κ2) is 7.81. The number of hydrogen-bond donors (Lipinski definition) is 2. The van der Waals surface area contributed by atoms with Gasteiger partial charge in [-0.1, -0.05) is 36.7 Å². The molecule has 1 amide bonds. The van der Waals surface area contributed by atoms with Crippen LogP contribution in [0.15, 0.2) is 24.3 Å². The van der Waals surface area contributed by atoms with Crippen LogP contribution in [0.2, 0.25) is 5.02 Å². The number of carbonyl (C=O) groups is 1. The first-order valence-electron chi connectivity index (χ1n) is 7.83. The molecule has 0 saturated heterocycles. The smallest absolute Gasteiger partial charge is 0.234 e. The maximum Gasteiger partial charge on any atom is 0.234 e. The fourth-order valence-corrected chi connectivity index (χ4v) is 3.16. The minimum atomic E-state index is 0.0656. The topological polar surface area (TPSA) is 41.1 Å². The van der Waals surface area contributed by atoms with Crippen LogP contribution >= 0.6 is 11.6 Å². The molecule has 21 heavy (non-hydrogen) atoms. The highest BCUT2D eigenvalue weighted by Crippen LogP contribution is 2.23. The van der Waals surface area contributed by atoms with Gasteiger partial charge in [0.05, 0.1) is 6.54 Å². The van der Waals surface area contributed by atoms with Crippen molar-refractivity contribution >= 4 is 17.5 Å². The number of halogens is 1. The summed E-state index contributed by atoms with van der Waals surface area (Å²) < 4.78 is 0. The second-order valence-corrected chi connectivity index (χ2v) is 6.56. The number of carbonyl (C=O) groups excluding carboxylic acids is 1. The minimum absolute atomic E-state index is 0.0656. The van der Waals surface area contributed by atoms with Gasteiger partial charge in [0.25, 0.3) is 0 Å². The van der Waals surface area contributed by atoms with Gasteiger partial charge in [0.2, 0.25) is 5.91 Å². The second-order valence-electron chi connectivity index (χ2n) is 6.15. The fourth-order valence-electron chi connectivity index (χ4n) is 2.87. The Morgan fingerprint density at radius 3 is 2.62 bits per heavy atom. The third kappa shape index (κ3) is 5.01. The van der Waals surface area contributed by atoms with Crippen LogP contribution in [0.4, 0.5) is 0 Å². The molecule has 3 nitrogen and oxygen atoms in total. The summed E-state index contributed by atoms with van der Waals surface area (Å²) in [7, 11) is 0. The Kier molecular flexibility index (Phi) is 6.07. The van der Waals surface area contributed by atoms with Crippen LogP contribution in [0.3, 0.4) is 0 Å². The van der Waals surface area contributed by atoms with Crippen LogP contribution in [0.25, 0.3) is 0 Å². The van der Waals surface area contributed by atoms with E-state index < -0.39 is 0 Å². The van der Waals surface area contributed by atoms with Gasteiger partial charge >= 0.3 is 0 Å². The molecule has 0 aromatic heterocycles. The Morgan fingerprint density at radius 2 is 1.95 bits per heavy atom. The van der Waals surface area contributed by atoms with Crippen LogP contribution < -0.4 is 10.6 Å². The summed E-state index contributed by atoms with van der Waals surface area (Å²) in [5.74, 6) is 0.880. The van der Waals surface area contributed by atoms with Gasteiger partial charge in [-0.3, -0.25) is 4.79 Å². The molecule has 1 saturated carbocycles. The van der Waals surface area contributed by atoms with Gasteiger partial charge in [-0.2, -0.15) is 0 Å². The van der Waals surface area contributed by atoms with Crippen LogP contribution in [-0.4, -0.2) is 18.5 Å². The van der Waals surface area contributed by atoms with Crippen LogP contribution in [0.5, 0.6) is 0 Å². The molecule has 0 aliphatic heterocycles. The standard InChI is InChI=1S/C17H25ClN2O/c1-12-7-9-14(10-8-12)20-17(21)11-19-13(2)15-5-3-4-6-16(15)18/h3-6,12-14,19H,7-11H2,1-2H3,(H,20,21)/t12?,13-,14?/m1/s1. The first-order chi connectivity index (χ1) is 10.1. The van der Waals surface area contributed by atoms with Crippen molar-refractivity contribution in [2.24, 2.45) is 5.92 Å². The molecule has 0 unspecified atom stereocenters. The molecule has 0 spiro atoms. The Labute approximate surface area is 132 Å². The first-order valence-corrected chi connectivity index (χ1v) is 8.21. The lowest BCUT2D eigenvalue weighted by molar-refractivity contribution is -0.121. The Hall–Kier alpha value is -1.06. The lowest BCUT2D eigenvalue weighted by Crippen LogP contribution is -2.42. The van der Waals surface area contributed by atoms with Crippen LogP contribution in [-0.2, 0) is 4.79 Å². The zero-order valence-corrected chi connectivity index (χ0v) is 13.6. The third-order valence-electron chi connectivity index (χ3n) is 4.32. The molecule has 1 atom stereocenters. The van der Waals surface area contributed by atoms with Gasteiger partial charge in [0, 0.05) is 17.1 Å². The molecule has 1 aromatic carbocycles. The lowest BCUT2D eigenvalue weighted by atomic mass is 9.87. The van der Waals surface area contributed by atoms with Crippen molar-refractivity contribution in [1.29, 1.82) is 0 Å². The minimum Gasteiger partial charge on any atom is -0.352 e. The summed E-state index contributed by atoms with van der Waals surface area (Å²) in [4.78, 5) is 12.0. The van der Waals surface area contributed by atoms with Crippen molar-refractivity contribution < 1.29 is 4.79 Å². The summed E-state index contributed by atoms with van der Waals surface area (Å²) in [5.41, 5.74) is 1.03. The van der Waals surface area contributed by atoms with Gasteiger partial charge in [-0.05, 0) is 50.2 Å². The average Bonchev–Trinajstić information content (AvgIpc) is 2.48. The number of amides is 1. The Bertz CT molecular complexity index is 470. The molecule has 1 fully saturated rings. The molecule has 1 aromatic rings. The van der Waals surface area contributed by atoms with Crippen LogP contribution in [0, 0.1) is 5.92 Å². The molecule has 0 heterocycles. The number of benzene rings is 1. The third-order valence-corrected chi connectivity index (χ3v) is 4.67. The quantitative estimate of drug-likeness (QED) is 0.871. The van der Waals surface area contributed by atoms with Crippen molar-refractivity contribution in [3.63, 3.8) is 0 Å². The molecule has 116 valence electrons. The summed E-state index contributed by atoms with van der Waals surface area (Å²) >= 11 is 6.16. The molecular formula is C17H25ClN2O. The summed E-state index contributed by atoms with van der Waals surface area (Å²) in [6, 6.07) is 8.15. The number of hydrogen-bond acceptors (Lipinski definition) is 2. The Balaban J connectivity index is 1.75. The molecule has 0 bridgehead atoms. The first kappa shape index (κ1) is 16.3. The number of nitrogens with one attached hydrogen (secondary N) is 2. The predicted octanol–water partition coefficient (Wildman–Crippen LogP) is 3.69. The van der Waals surface area contributed by atoms with E-state index in [1.807, 2.05) is 31.2 Å².